The summed E-state index contributed by atoms with van der Waals surface area (Å²) in [5.74, 6) is -0.511. The topological polar surface area (TPSA) is 84.0 Å². The zero-order valence-electron chi connectivity index (χ0n) is 11.7. The molecule has 2 aromatic carbocycles. The van der Waals surface area contributed by atoms with Crippen molar-refractivity contribution in [3.63, 3.8) is 0 Å². The number of nitrogens with zero attached hydrogens (tertiary/aromatic N) is 2. The van der Waals surface area contributed by atoms with Gasteiger partial charge >= 0.3 is 0 Å². The van der Waals surface area contributed by atoms with Crippen molar-refractivity contribution in [2.24, 2.45) is 0 Å². The number of carbonyl (C=O) groups excluding carboxylic acids is 2. The van der Waals surface area contributed by atoms with Gasteiger partial charge in [-0.15, -0.1) is 0 Å². The third kappa shape index (κ3) is 1.89. The van der Waals surface area contributed by atoms with Crippen LogP contribution in [-0.2, 0) is 0 Å². The number of rotatable bonds is 1. The van der Waals surface area contributed by atoms with Crippen LogP contribution in [0.4, 0.5) is 0 Å². The lowest BCUT2D eigenvalue weighted by Crippen LogP contribution is -2.19. The molecule has 1 heterocycles. The van der Waals surface area contributed by atoms with Crippen molar-refractivity contribution in [2.75, 3.05) is 0 Å². The van der Waals surface area contributed by atoms with Gasteiger partial charge in [-0.1, -0.05) is 24.3 Å². The van der Waals surface area contributed by atoms with Crippen LogP contribution in [0, 0.1) is 11.3 Å². The number of fused-ring (bicyclic) bond motifs is 2. The minimum atomic E-state index is -0.345. The SMILES string of the molecule is N#Cc1ccc(-c2nc3c(o2)C(=O)c2ccccc2C3=O)cc1. The van der Waals surface area contributed by atoms with E-state index in [1.807, 2.05) is 6.07 Å². The Morgan fingerprint density at radius 1 is 0.913 bits per heavy atom. The molecule has 1 aromatic heterocycles. The van der Waals surface area contributed by atoms with Gasteiger partial charge in [0.25, 0.3) is 0 Å². The minimum absolute atomic E-state index is 0.0342. The highest BCUT2D eigenvalue weighted by atomic mass is 16.4. The van der Waals surface area contributed by atoms with Gasteiger partial charge in [-0.25, -0.2) is 4.98 Å². The quantitative estimate of drug-likeness (QED) is 0.539. The number of hydrogen-bond acceptors (Lipinski definition) is 5. The van der Waals surface area contributed by atoms with E-state index in [9.17, 15) is 9.59 Å². The summed E-state index contributed by atoms with van der Waals surface area (Å²) in [6.45, 7) is 0. The van der Waals surface area contributed by atoms with Crippen LogP contribution >= 0.6 is 0 Å². The molecule has 1 aliphatic rings. The van der Waals surface area contributed by atoms with Crippen molar-refractivity contribution in [3.8, 4) is 17.5 Å². The second-order valence-corrected chi connectivity index (χ2v) is 5.09. The standard InChI is InChI=1S/C18H8N2O3/c19-9-10-5-7-11(8-6-10)18-20-14-15(21)12-3-1-2-4-13(12)16(22)17(14)23-18/h1-8H. The average Bonchev–Trinajstić information content (AvgIpc) is 3.05. The molecule has 0 N–H and O–H groups in total. The van der Waals surface area contributed by atoms with Crippen LogP contribution in [0.25, 0.3) is 11.5 Å². The fourth-order valence-corrected chi connectivity index (χ4v) is 2.57. The summed E-state index contributed by atoms with van der Waals surface area (Å²) in [4.78, 5) is 29.1. The molecule has 0 spiro atoms. The molecule has 23 heavy (non-hydrogen) atoms. The van der Waals surface area contributed by atoms with E-state index in [1.165, 1.54) is 0 Å². The van der Waals surface area contributed by atoms with Crippen LogP contribution in [0.5, 0.6) is 0 Å². The van der Waals surface area contributed by atoms with Crippen LogP contribution in [0.2, 0.25) is 0 Å². The van der Waals surface area contributed by atoms with E-state index >= 15 is 0 Å². The van der Waals surface area contributed by atoms with E-state index < -0.39 is 0 Å². The summed E-state index contributed by atoms with van der Waals surface area (Å²) in [7, 11) is 0. The molecule has 0 bridgehead atoms. The monoisotopic (exact) mass is 300 g/mol. The molecule has 108 valence electrons. The summed E-state index contributed by atoms with van der Waals surface area (Å²) < 4.78 is 5.54. The molecule has 5 nitrogen and oxygen atoms in total. The summed E-state index contributed by atoms with van der Waals surface area (Å²) in [6.07, 6.45) is 0. The van der Waals surface area contributed by atoms with E-state index in [1.54, 1.807) is 48.5 Å². The van der Waals surface area contributed by atoms with Crippen LogP contribution in [0.3, 0.4) is 0 Å². The number of hydrogen-bond donors (Lipinski definition) is 0. The molecule has 0 radical (unpaired) electrons. The lowest BCUT2D eigenvalue weighted by Gasteiger charge is -2.10. The van der Waals surface area contributed by atoms with Crippen molar-refractivity contribution in [1.82, 2.24) is 4.98 Å². The lowest BCUT2D eigenvalue weighted by molar-refractivity contribution is 0.0959. The second-order valence-electron chi connectivity index (χ2n) is 5.09. The molecule has 0 fully saturated rings. The van der Waals surface area contributed by atoms with Gasteiger partial charge in [-0.05, 0) is 24.3 Å². The van der Waals surface area contributed by atoms with Crippen molar-refractivity contribution in [2.45, 2.75) is 0 Å². The Hall–Kier alpha value is -3.52. The fourth-order valence-electron chi connectivity index (χ4n) is 2.57. The molecule has 5 heteroatoms. The number of benzene rings is 2. The maximum absolute atomic E-state index is 12.5. The molecular weight excluding hydrogens is 292 g/mol. The molecule has 0 aliphatic heterocycles. The first-order chi connectivity index (χ1) is 11.2. The molecule has 0 unspecified atom stereocenters. The van der Waals surface area contributed by atoms with Crippen LogP contribution < -0.4 is 0 Å². The highest BCUT2D eigenvalue weighted by Crippen LogP contribution is 2.30. The smallest absolute Gasteiger partial charge is 0.231 e. The van der Waals surface area contributed by atoms with E-state index in [2.05, 4.69) is 4.98 Å². The molecule has 0 saturated heterocycles. The van der Waals surface area contributed by atoms with Crippen molar-refractivity contribution in [1.29, 1.82) is 5.26 Å². The maximum Gasteiger partial charge on any atom is 0.231 e. The Balaban J connectivity index is 1.85. The average molecular weight is 300 g/mol. The molecule has 0 atom stereocenters. The number of aromatic nitrogens is 1. The normalized spacial score (nSPS) is 12.5. The van der Waals surface area contributed by atoms with Crippen molar-refractivity contribution < 1.29 is 14.0 Å². The van der Waals surface area contributed by atoms with Crippen LogP contribution in [0.15, 0.2) is 52.9 Å². The maximum atomic E-state index is 12.5. The fraction of sp³-hybridized carbons (Fsp3) is 0. The van der Waals surface area contributed by atoms with E-state index in [4.69, 9.17) is 9.68 Å². The van der Waals surface area contributed by atoms with Gasteiger partial charge in [0.1, 0.15) is 0 Å². The Kier molecular flexibility index (Phi) is 2.72. The van der Waals surface area contributed by atoms with Crippen molar-refractivity contribution in [3.05, 3.63) is 76.7 Å². The number of nitriles is 1. The first kappa shape index (κ1) is 13.2. The zero-order valence-corrected chi connectivity index (χ0v) is 11.7. The Morgan fingerprint density at radius 2 is 1.57 bits per heavy atom. The van der Waals surface area contributed by atoms with Gasteiger partial charge in [0.2, 0.25) is 23.2 Å². The van der Waals surface area contributed by atoms with Gasteiger partial charge < -0.3 is 4.42 Å². The first-order valence-electron chi connectivity index (χ1n) is 6.89. The van der Waals surface area contributed by atoms with Crippen molar-refractivity contribution >= 4 is 11.6 Å². The number of carbonyl (C=O) groups is 2. The lowest BCUT2D eigenvalue weighted by atomic mass is 9.91. The van der Waals surface area contributed by atoms with Gasteiger partial charge in [-0.3, -0.25) is 9.59 Å². The number of ketones is 2. The van der Waals surface area contributed by atoms with Crippen LogP contribution in [0.1, 0.15) is 37.7 Å². The highest BCUT2D eigenvalue weighted by Gasteiger charge is 2.35. The summed E-state index contributed by atoms with van der Waals surface area (Å²) in [6, 6.07) is 15.2. The Labute approximate surface area is 130 Å². The summed E-state index contributed by atoms with van der Waals surface area (Å²) >= 11 is 0. The minimum Gasteiger partial charge on any atom is -0.432 e. The predicted octanol–water partition coefficient (Wildman–Crippen LogP) is 2.99. The summed E-state index contributed by atoms with van der Waals surface area (Å²) in [5, 5.41) is 8.82. The van der Waals surface area contributed by atoms with Gasteiger partial charge in [-0.2, -0.15) is 5.26 Å². The molecular formula is C18H8N2O3. The zero-order chi connectivity index (χ0) is 16.0. The third-order valence-electron chi connectivity index (χ3n) is 3.73. The van der Waals surface area contributed by atoms with Gasteiger partial charge in [0.15, 0.2) is 5.69 Å². The molecule has 4 rings (SSSR count). The molecule has 0 amide bonds. The Morgan fingerprint density at radius 3 is 2.22 bits per heavy atom. The second kappa shape index (κ2) is 4.75. The first-order valence-corrected chi connectivity index (χ1v) is 6.89. The van der Waals surface area contributed by atoms with Gasteiger partial charge in [0.05, 0.1) is 11.6 Å². The predicted molar refractivity (Wildman–Crippen MR) is 80.0 cm³/mol. The highest BCUT2D eigenvalue weighted by molar-refractivity contribution is 6.26. The van der Waals surface area contributed by atoms with E-state index in [-0.39, 0.29) is 28.9 Å². The largest absolute Gasteiger partial charge is 0.432 e. The Bertz CT molecular complexity index is 955. The summed E-state index contributed by atoms with van der Waals surface area (Å²) in [5.41, 5.74) is 1.80. The molecule has 1 aliphatic carbocycles. The van der Waals surface area contributed by atoms with Crippen LogP contribution in [-0.4, -0.2) is 16.6 Å². The van der Waals surface area contributed by atoms with E-state index in [0.29, 0.717) is 22.3 Å². The van der Waals surface area contributed by atoms with Gasteiger partial charge in [0, 0.05) is 16.7 Å². The molecule has 3 aromatic rings. The van der Waals surface area contributed by atoms with E-state index in [0.717, 1.165) is 0 Å². The molecule has 0 saturated carbocycles. The third-order valence-corrected chi connectivity index (χ3v) is 3.73. The number of oxazole rings is 1.